The van der Waals surface area contributed by atoms with Crippen LogP contribution in [-0.4, -0.2) is 20.0 Å². The number of nitrogens with zero attached hydrogens (tertiary/aromatic N) is 4. The van der Waals surface area contributed by atoms with Crippen LogP contribution in [0.15, 0.2) is 23.4 Å². The Bertz CT molecular complexity index is 762. The van der Waals surface area contributed by atoms with E-state index in [1.807, 2.05) is 19.1 Å². The van der Waals surface area contributed by atoms with Gasteiger partial charge in [-0.25, -0.2) is 0 Å². The molecular formula is C17H18Cl2N4S. The van der Waals surface area contributed by atoms with E-state index in [1.165, 1.54) is 31.0 Å². The maximum atomic E-state index is 9.13. The average molecular weight is 381 g/mol. The minimum Gasteiger partial charge on any atom is -0.299 e. The van der Waals surface area contributed by atoms with Gasteiger partial charge in [-0.05, 0) is 38.0 Å². The molecule has 126 valence electrons. The fourth-order valence-electron chi connectivity index (χ4n) is 3.06. The summed E-state index contributed by atoms with van der Waals surface area (Å²) in [5.41, 5.74) is 0.829. The molecule has 0 amide bonds. The quantitative estimate of drug-likeness (QED) is 0.632. The van der Waals surface area contributed by atoms with E-state index in [4.69, 9.17) is 28.5 Å². The van der Waals surface area contributed by atoms with Gasteiger partial charge in [-0.2, -0.15) is 5.26 Å². The summed E-state index contributed by atoms with van der Waals surface area (Å²) in [6.45, 7) is 1.87. The Balaban J connectivity index is 2.06. The smallest absolute Gasteiger partial charge is 0.193 e. The molecule has 3 rings (SSSR count). The maximum absolute atomic E-state index is 9.13. The first-order valence-corrected chi connectivity index (χ1v) is 9.70. The summed E-state index contributed by atoms with van der Waals surface area (Å²) >= 11 is 13.9. The average Bonchev–Trinajstić information content (AvgIpc) is 2.98. The van der Waals surface area contributed by atoms with Gasteiger partial charge in [0.15, 0.2) is 11.0 Å². The van der Waals surface area contributed by atoms with Gasteiger partial charge in [-0.3, -0.25) is 4.57 Å². The lowest BCUT2D eigenvalue weighted by molar-refractivity contribution is 0.339. The van der Waals surface area contributed by atoms with Crippen LogP contribution >= 0.6 is 35.0 Å². The van der Waals surface area contributed by atoms with Crippen molar-refractivity contribution >= 4 is 35.0 Å². The maximum Gasteiger partial charge on any atom is 0.193 e. The molecule has 1 fully saturated rings. The minimum absolute atomic E-state index is 0.176. The predicted octanol–water partition coefficient (Wildman–Crippen LogP) is 5.76. The zero-order valence-electron chi connectivity index (χ0n) is 13.4. The molecule has 4 nitrogen and oxygen atoms in total. The standard InChI is InChI=1S/C17H18Cl2N4S/c1-11(10-20)24-17-22-21-16(14-8-7-12(18)9-15(14)19)23(17)13-5-3-2-4-6-13/h7-9,11,13H,2-6H2,1H3/t11-/m1/s1. The molecule has 0 radical (unpaired) electrons. The normalized spacial score (nSPS) is 16.8. The van der Waals surface area contributed by atoms with E-state index in [2.05, 4.69) is 20.8 Å². The lowest BCUT2D eigenvalue weighted by Crippen LogP contribution is -2.15. The SMILES string of the molecule is C[C@H](C#N)Sc1nnc(-c2ccc(Cl)cc2Cl)n1C1CCCCC1. The van der Waals surface area contributed by atoms with E-state index in [-0.39, 0.29) is 5.25 Å². The first kappa shape index (κ1) is 17.6. The van der Waals surface area contributed by atoms with E-state index in [0.29, 0.717) is 16.1 Å². The largest absolute Gasteiger partial charge is 0.299 e. The van der Waals surface area contributed by atoms with Crippen LogP contribution in [0.3, 0.4) is 0 Å². The molecule has 1 heterocycles. The van der Waals surface area contributed by atoms with Crippen LogP contribution in [0.2, 0.25) is 10.0 Å². The Morgan fingerprint density at radius 1 is 1.25 bits per heavy atom. The third-order valence-corrected chi connectivity index (χ3v) is 5.74. The summed E-state index contributed by atoms with van der Waals surface area (Å²) in [6, 6.07) is 8.02. The van der Waals surface area contributed by atoms with Crippen molar-refractivity contribution < 1.29 is 0 Å². The number of rotatable bonds is 4. The molecule has 1 saturated carbocycles. The Labute approximate surface area is 156 Å². The molecule has 7 heteroatoms. The molecule has 1 aromatic heterocycles. The minimum atomic E-state index is -0.176. The van der Waals surface area contributed by atoms with Crippen molar-refractivity contribution in [1.82, 2.24) is 14.8 Å². The molecule has 24 heavy (non-hydrogen) atoms. The second kappa shape index (κ2) is 7.77. The number of hydrogen-bond donors (Lipinski definition) is 0. The van der Waals surface area contributed by atoms with Crippen LogP contribution < -0.4 is 0 Å². The third-order valence-electron chi connectivity index (χ3n) is 4.24. The molecule has 0 N–H and O–H groups in total. The zero-order chi connectivity index (χ0) is 17.1. The van der Waals surface area contributed by atoms with E-state index in [9.17, 15) is 0 Å². The van der Waals surface area contributed by atoms with Gasteiger partial charge in [-0.15, -0.1) is 10.2 Å². The van der Waals surface area contributed by atoms with Crippen molar-refractivity contribution in [3.05, 3.63) is 28.2 Å². The molecule has 1 atom stereocenters. The van der Waals surface area contributed by atoms with Crippen LogP contribution in [0.25, 0.3) is 11.4 Å². The van der Waals surface area contributed by atoms with Crippen LogP contribution in [0.1, 0.15) is 45.1 Å². The molecule has 2 aromatic rings. The molecule has 1 aliphatic carbocycles. The summed E-state index contributed by atoms with van der Waals surface area (Å²) in [5.74, 6) is 0.760. The van der Waals surface area contributed by atoms with E-state index in [0.717, 1.165) is 29.4 Å². The van der Waals surface area contributed by atoms with E-state index in [1.54, 1.807) is 6.07 Å². The highest BCUT2D eigenvalue weighted by Gasteiger charge is 2.25. The predicted molar refractivity (Wildman–Crippen MR) is 98.5 cm³/mol. The lowest BCUT2D eigenvalue weighted by Gasteiger charge is -2.26. The second-order valence-corrected chi connectivity index (χ2v) is 8.13. The van der Waals surface area contributed by atoms with Gasteiger partial charge < -0.3 is 0 Å². The fraction of sp³-hybridized carbons (Fsp3) is 0.471. The summed E-state index contributed by atoms with van der Waals surface area (Å²) < 4.78 is 2.17. The lowest BCUT2D eigenvalue weighted by atomic mass is 9.95. The monoisotopic (exact) mass is 380 g/mol. The van der Waals surface area contributed by atoms with Gasteiger partial charge in [0.2, 0.25) is 0 Å². The number of hydrogen-bond acceptors (Lipinski definition) is 4. The fourth-order valence-corrected chi connectivity index (χ4v) is 4.36. The number of benzene rings is 1. The Morgan fingerprint density at radius 2 is 2.00 bits per heavy atom. The molecule has 0 bridgehead atoms. The zero-order valence-corrected chi connectivity index (χ0v) is 15.7. The van der Waals surface area contributed by atoms with E-state index >= 15 is 0 Å². The molecular weight excluding hydrogens is 363 g/mol. The summed E-state index contributed by atoms with van der Waals surface area (Å²) in [5, 5.41) is 19.7. The molecule has 0 spiro atoms. The Morgan fingerprint density at radius 3 is 2.67 bits per heavy atom. The van der Waals surface area contributed by atoms with Crippen LogP contribution in [0.4, 0.5) is 0 Å². The second-order valence-electron chi connectivity index (χ2n) is 5.98. The van der Waals surface area contributed by atoms with Crippen LogP contribution in [0.5, 0.6) is 0 Å². The highest BCUT2D eigenvalue weighted by atomic mass is 35.5. The third kappa shape index (κ3) is 3.72. The molecule has 0 unspecified atom stereocenters. The Hall–Kier alpha value is -1.22. The number of nitriles is 1. The topological polar surface area (TPSA) is 54.5 Å². The van der Waals surface area contributed by atoms with Gasteiger partial charge in [0, 0.05) is 16.6 Å². The van der Waals surface area contributed by atoms with Crippen molar-refractivity contribution in [3.8, 4) is 17.5 Å². The van der Waals surface area contributed by atoms with Crippen molar-refractivity contribution in [2.75, 3.05) is 0 Å². The van der Waals surface area contributed by atoms with Gasteiger partial charge >= 0.3 is 0 Å². The van der Waals surface area contributed by atoms with Gasteiger partial charge in [0.1, 0.15) is 0 Å². The highest BCUT2D eigenvalue weighted by molar-refractivity contribution is 8.00. The van der Waals surface area contributed by atoms with Gasteiger partial charge in [0.25, 0.3) is 0 Å². The summed E-state index contributed by atoms with van der Waals surface area (Å²) in [7, 11) is 0. The first-order valence-electron chi connectivity index (χ1n) is 8.06. The van der Waals surface area contributed by atoms with Crippen molar-refractivity contribution in [1.29, 1.82) is 5.26 Å². The van der Waals surface area contributed by atoms with Crippen molar-refractivity contribution in [2.45, 2.75) is 55.5 Å². The van der Waals surface area contributed by atoms with Gasteiger partial charge in [-0.1, -0.05) is 54.2 Å². The van der Waals surface area contributed by atoms with E-state index < -0.39 is 0 Å². The first-order chi connectivity index (χ1) is 11.6. The molecule has 0 saturated heterocycles. The number of aromatic nitrogens is 3. The number of halogens is 2. The van der Waals surface area contributed by atoms with Gasteiger partial charge in [0.05, 0.1) is 16.3 Å². The summed E-state index contributed by atoms with van der Waals surface area (Å²) in [6.07, 6.45) is 5.88. The Kier molecular flexibility index (Phi) is 5.70. The molecule has 0 aliphatic heterocycles. The summed E-state index contributed by atoms with van der Waals surface area (Å²) in [4.78, 5) is 0. The van der Waals surface area contributed by atoms with Crippen molar-refractivity contribution in [2.24, 2.45) is 0 Å². The highest BCUT2D eigenvalue weighted by Crippen LogP contribution is 2.38. The van der Waals surface area contributed by atoms with Crippen LogP contribution in [0, 0.1) is 11.3 Å². The van der Waals surface area contributed by atoms with Crippen LogP contribution in [-0.2, 0) is 0 Å². The molecule has 1 aromatic carbocycles. The molecule has 1 aliphatic rings. The van der Waals surface area contributed by atoms with Crippen molar-refractivity contribution in [3.63, 3.8) is 0 Å². The number of thioether (sulfide) groups is 1.